The van der Waals surface area contributed by atoms with E-state index in [1.807, 2.05) is 31.2 Å². The third-order valence-corrected chi connectivity index (χ3v) is 4.76. The van der Waals surface area contributed by atoms with Crippen molar-refractivity contribution in [1.29, 1.82) is 0 Å². The molecule has 0 amide bonds. The van der Waals surface area contributed by atoms with Crippen LogP contribution >= 0.6 is 0 Å². The molecule has 2 heterocycles. The van der Waals surface area contributed by atoms with Crippen molar-refractivity contribution in [2.75, 3.05) is 0 Å². The molecule has 0 aliphatic rings. The predicted octanol–water partition coefficient (Wildman–Crippen LogP) is 3.75. The summed E-state index contributed by atoms with van der Waals surface area (Å²) < 4.78 is 5.43. The van der Waals surface area contributed by atoms with Gasteiger partial charge < -0.3 is 14.7 Å². The number of carbonyl (C=O) groups excluding carboxylic acids is 2. The number of para-hydroxylation sites is 2. The molecule has 2 aromatic heterocycles. The van der Waals surface area contributed by atoms with Crippen molar-refractivity contribution in [2.45, 2.75) is 20.0 Å². The molecular formula is C22H18N2O4. The van der Waals surface area contributed by atoms with Gasteiger partial charge in [-0.15, -0.1) is 0 Å². The first-order valence-corrected chi connectivity index (χ1v) is 8.90. The van der Waals surface area contributed by atoms with Crippen LogP contribution in [0.15, 0.2) is 59.4 Å². The monoisotopic (exact) mass is 374 g/mol. The Hall–Kier alpha value is -3.67. The lowest BCUT2D eigenvalue weighted by Gasteiger charge is -2.13. The van der Waals surface area contributed by atoms with Crippen molar-refractivity contribution < 1.29 is 14.3 Å². The van der Waals surface area contributed by atoms with Crippen molar-refractivity contribution in [3.63, 3.8) is 0 Å². The Bertz CT molecular complexity index is 1280. The summed E-state index contributed by atoms with van der Waals surface area (Å²) in [6, 6.07) is 15.6. The van der Waals surface area contributed by atoms with Crippen LogP contribution in [0, 0.1) is 6.92 Å². The van der Waals surface area contributed by atoms with Gasteiger partial charge in [-0.2, -0.15) is 0 Å². The molecular weight excluding hydrogens is 356 g/mol. The van der Waals surface area contributed by atoms with Gasteiger partial charge in [-0.1, -0.05) is 36.4 Å². The molecule has 4 aromatic rings. The van der Waals surface area contributed by atoms with Gasteiger partial charge in [-0.25, -0.2) is 4.79 Å². The average Bonchev–Trinajstić information content (AvgIpc) is 3.02. The SMILES string of the molecule is Cc1[nH]c2ccccc2c1C(=O)[C@@H](C)OC(=O)c1cc(=O)[nH]c2ccccc12. The van der Waals surface area contributed by atoms with E-state index in [4.69, 9.17) is 4.74 Å². The Labute approximate surface area is 160 Å². The molecule has 2 N–H and O–H groups in total. The third kappa shape index (κ3) is 2.99. The number of pyridine rings is 1. The summed E-state index contributed by atoms with van der Waals surface area (Å²) in [4.78, 5) is 43.4. The Morgan fingerprint density at radius 1 is 0.929 bits per heavy atom. The van der Waals surface area contributed by atoms with Crippen LogP contribution in [0.5, 0.6) is 0 Å². The number of ether oxygens (including phenoxy) is 1. The number of aryl methyl sites for hydroxylation is 1. The molecule has 0 aliphatic carbocycles. The second-order valence-electron chi connectivity index (χ2n) is 6.68. The lowest BCUT2D eigenvalue weighted by atomic mass is 10.0. The van der Waals surface area contributed by atoms with E-state index in [9.17, 15) is 14.4 Å². The fourth-order valence-electron chi connectivity index (χ4n) is 3.45. The highest BCUT2D eigenvalue weighted by atomic mass is 16.5. The van der Waals surface area contributed by atoms with E-state index in [0.717, 1.165) is 16.6 Å². The van der Waals surface area contributed by atoms with Gasteiger partial charge in [0, 0.05) is 39.1 Å². The Morgan fingerprint density at radius 2 is 1.54 bits per heavy atom. The van der Waals surface area contributed by atoms with Crippen LogP contribution in [0.1, 0.15) is 33.3 Å². The highest BCUT2D eigenvalue weighted by Crippen LogP contribution is 2.24. The number of nitrogens with one attached hydrogen (secondary N) is 2. The van der Waals surface area contributed by atoms with Gasteiger partial charge in [0.15, 0.2) is 6.10 Å². The zero-order valence-corrected chi connectivity index (χ0v) is 15.4. The summed E-state index contributed by atoms with van der Waals surface area (Å²) in [6.45, 7) is 3.35. The van der Waals surface area contributed by atoms with Gasteiger partial charge in [-0.3, -0.25) is 9.59 Å². The average molecular weight is 374 g/mol. The molecule has 140 valence electrons. The molecule has 6 heteroatoms. The lowest BCUT2D eigenvalue weighted by Crippen LogP contribution is -2.25. The Balaban J connectivity index is 1.66. The van der Waals surface area contributed by atoms with E-state index in [1.165, 1.54) is 13.0 Å². The van der Waals surface area contributed by atoms with Gasteiger partial charge in [0.1, 0.15) is 0 Å². The van der Waals surface area contributed by atoms with Crippen LogP contribution in [0.25, 0.3) is 21.8 Å². The van der Waals surface area contributed by atoms with Gasteiger partial charge in [0.25, 0.3) is 0 Å². The zero-order valence-electron chi connectivity index (χ0n) is 15.4. The first-order valence-electron chi connectivity index (χ1n) is 8.90. The number of ketones is 1. The molecule has 4 rings (SSSR count). The van der Waals surface area contributed by atoms with Gasteiger partial charge >= 0.3 is 5.97 Å². The van der Waals surface area contributed by atoms with Crippen LogP contribution in [-0.4, -0.2) is 27.8 Å². The van der Waals surface area contributed by atoms with Crippen molar-refractivity contribution in [3.05, 3.63) is 81.8 Å². The predicted molar refractivity (Wildman–Crippen MR) is 107 cm³/mol. The fraction of sp³-hybridized carbons (Fsp3) is 0.136. The number of benzene rings is 2. The summed E-state index contributed by atoms with van der Waals surface area (Å²) >= 11 is 0. The smallest absolute Gasteiger partial charge is 0.339 e. The molecule has 28 heavy (non-hydrogen) atoms. The van der Waals surface area contributed by atoms with E-state index in [-0.39, 0.29) is 11.3 Å². The van der Waals surface area contributed by atoms with Gasteiger partial charge in [-0.05, 0) is 26.0 Å². The normalized spacial score (nSPS) is 12.2. The maximum absolute atomic E-state index is 13.0. The van der Waals surface area contributed by atoms with Crippen molar-refractivity contribution in [3.8, 4) is 0 Å². The number of esters is 1. The van der Waals surface area contributed by atoms with Gasteiger partial charge in [0.05, 0.1) is 5.56 Å². The number of hydrogen-bond acceptors (Lipinski definition) is 4. The molecule has 0 bridgehead atoms. The van der Waals surface area contributed by atoms with Crippen LogP contribution in [0.2, 0.25) is 0 Å². The maximum Gasteiger partial charge on any atom is 0.339 e. The molecule has 2 aromatic carbocycles. The van der Waals surface area contributed by atoms with Crippen molar-refractivity contribution >= 4 is 33.6 Å². The number of fused-ring (bicyclic) bond motifs is 2. The molecule has 0 fully saturated rings. The number of aromatic nitrogens is 2. The highest BCUT2D eigenvalue weighted by molar-refractivity contribution is 6.12. The summed E-state index contributed by atoms with van der Waals surface area (Å²) in [7, 11) is 0. The summed E-state index contributed by atoms with van der Waals surface area (Å²) in [5, 5.41) is 1.35. The van der Waals surface area contributed by atoms with Crippen LogP contribution in [0.4, 0.5) is 0 Å². The van der Waals surface area contributed by atoms with Crippen LogP contribution < -0.4 is 5.56 Å². The minimum absolute atomic E-state index is 0.134. The van der Waals surface area contributed by atoms with Crippen molar-refractivity contribution in [2.24, 2.45) is 0 Å². The second kappa shape index (κ2) is 6.81. The maximum atomic E-state index is 13.0. The molecule has 1 atom stereocenters. The Kier molecular flexibility index (Phi) is 4.31. The van der Waals surface area contributed by atoms with Crippen molar-refractivity contribution in [1.82, 2.24) is 9.97 Å². The molecule has 0 saturated carbocycles. The quantitative estimate of drug-likeness (QED) is 0.420. The van der Waals surface area contributed by atoms with E-state index >= 15 is 0 Å². The largest absolute Gasteiger partial charge is 0.451 e. The van der Waals surface area contributed by atoms with Crippen LogP contribution in [-0.2, 0) is 4.74 Å². The number of hydrogen-bond donors (Lipinski definition) is 2. The number of aromatic amines is 2. The Morgan fingerprint density at radius 3 is 2.25 bits per heavy atom. The molecule has 0 unspecified atom stereocenters. The lowest BCUT2D eigenvalue weighted by molar-refractivity contribution is 0.0321. The number of carbonyl (C=O) groups is 2. The fourth-order valence-corrected chi connectivity index (χ4v) is 3.45. The van der Waals surface area contributed by atoms with E-state index in [1.54, 1.807) is 24.3 Å². The number of H-pyrrole nitrogens is 2. The molecule has 0 saturated heterocycles. The van der Waals surface area contributed by atoms with E-state index in [2.05, 4.69) is 9.97 Å². The van der Waals surface area contributed by atoms with E-state index in [0.29, 0.717) is 16.5 Å². The summed E-state index contributed by atoms with van der Waals surface area (Å²) in [5.74, 6) is -1.00. The molecule has 0 spiro atoms. The summed E-state index contributed by atoms with van der Waals surface area (Å²) in [5.41, 5.74) is 2.34. The standard InChI is InChI=1S/C22H18N2O4/c1-12-20(15-8-4-6-10-18(15)23-12)21(26)13(2)28-22(27)16-11-19(25)24-17-9-5-3-7-14(16)17/h3-11,13,23H,1-2H3,(H,24,25)/t13-/m1/s1. The van der Waals surface area contributed by atoms with Gasteiger partial charge in [0.2, 0.25) is 11.3 Å². The minimum Gasteiger partial charge on any atom is -0.451 e. The van der Waals surface area contributed by atoms with Crippen LogP contribution in [0.3, 0.4) is 0 Å². The topological polar surface area (TPSA) is 92.0 Å². The second-order valence-corrected chi connectivity index (χ2v) is 6.68. The first kappa shape index (κ1) is 17.7. The zero-order chi connectivity index (χ0) is 19.8. The van der Waals surface area contributed by atoms with E-state index < -0.39 is 17.6 Å². The summed E-state index contributed by atoms with van der Waals surface area (Å²) in [6.07, 6.45) is -0.997. The molecule has 0 radical (unpaired) electrons. The molecule has 6 nitrogen and oxygen atoms in total. The minimum atomic E-state index is -0.997. The highest BCUT2D eigenvalue weighted by Gasteiger charge is 2.25. The first-order chi connectivity index (χ1) is 13.5. The third-order valence-electron chi connectivity index (χ3n) is 4.76. The number of Topliss-reactive ketones (excluding diaryl/α,β-unsaturated/α-hetero) is 1. The molecule has 0 aliphatic heterocycles. The number of rotatable bonds is 4.